The van der Waals surface area contributed by atoms with Gasteiger partial charge in [0.15, 0.2) is 9.84 Å². The average molecular weight is 411 g/mol. The lowest BCUT2D eigenvalue weighted by Crippen LogP contribution is -2.10. The molecule has 0 aromatic heterocycles. The van der Waals surface area contributed by atoms with Gasteiger partial charge in [0.2, 0.25) is 0 Å². The number of benzene rings is 3. The van der Waals surface area contributed by atoms with E-state index in [9.17, 15) is 8.42 Å². The summed E-state index contributed by atoms with van der Waals surface area (Å²) in [7, 11) is -3.25. The Morgan fingerprint density at radius 3 is 2.36 bits per heavy atom. The first-order valence-electron chi connectivity index (χ1n) is 8.89. The van der Waals surface area contributed by atoms with Gasteiger partial charge in [-0.2, -0.15) is 0 Å². The number of hydrogen-bond acceptors (Lipinski definition) is 3. The SMILES string of the molecule is Cc1ccc(C2=C(c3ccc(S(C)(=O)=O)cc3)Oc3ccccc3C2)c(Cl)c1. The van der Waals surface area contributed by atoms with Gasteiger partial charge in [0.25, 0.3) is 0 Å². The molecule has 3 aromatic carbocycles. The van der Waals surface area contributed by atoms with Crippen LogP contribution in [0.5, 0.6) is 5.75 Å². The number of allylic oxidation sites excluding steroid dienone is 1. The van der Waals surface area contributed by atoms with Gasteiger partial charge in [-0.25, -0.2) is 8.42 Å². The molecule has 142 valence electrons. The predicted octanol–water partition coefficient (Wildman–Crippen LogP) is 5.56. The predicted molar refractivity (Wildman–Crippen MR) is 113 cm³/mol. The van der Waals surface area contributed by atoms with Gasteiger partial charge in [0.1, 0.15) is 11.5 Å². The maximum Gasteiger partial charge on any atom is 0.175 e. The molecule has 0 bridgehead atoms. The molecule has 0 fully saturated rings. The van der Waals surface area contributed by atoms with Crippen LogP contribution in [0.15, 0.2) is 71.6 Å². The molecule has 0 saturated carbocycles. The number of sulfone groups is 1. The van der Waals surface area contributed by atoms with E-state index < -0.39 is 9.84 Å². The van der Waals surface area contributed by atoms with Gasteiger partial charge in [-0.15, -0.1) is 0 Å². The molecule has 0 N–H and O–H groups in total. The van der Waals surface area contributed by atoms with Crippen LogP contribution in [-0.2, 0) is 16.3 Å². The first-order valence-corrected chi connectivity index (χ1v) is 11.2. The minimum absolute atomic E-state index is 0.281. The molecule has 3 nitrogen and oxygen atoms in total. The van der Waals surface area contributed by atoms with E-state index in [1.807, 2.05) is 49.4 Å². The molecule has 1 aliphatic heterocycles. The van der Waals surface area contributed by atoms with Crippen LogP contribution in [0.1, 0.15) is 22.3 Å². The van der Waals surface area contributed by atoms with Crippen molar-refractivity contribution in [3.8, 4) is 5.75 Å². The molecule has 0 spiro atoms. The Morgan fingerprint density at radius 1 is 0.964 bits per heavy atom. The van der Waals surface area contributed by atoms with Gasteiger partial charge in [-0.3, -0.25) is 0 Å². The molecule has 3 aromatic rings. The van der Waals surface area contributed by atoms with E-state index in [0.29, 0.717) is 17.2 Å². The van der Waals surface area contributed by atoms with Crippen LogP contribution >= 0.6 is 11.6 Å². The standard InChI is InChI=1S/C23H19ClO3S/c1-15-7-12-19(21(24)13-15)20-14-17-5-3-4-6-22(17)27-23(20)16-8-10-18(11-9-16)28(2,25)26/h3-13H,14H2,1-2H3. The second-order valence-electron chi connectivity index (χ2n) is 6.97. The lowest BCUT2D eigenvalue weighted by molar-refractivity contribution is 0.502. The Balaban J connectivity index is 1.89. The highest BCUT2D eigenvalue weighted by Crippen LogP contribution is 2.41. The third kappa shape index (κ3) is 3.58. The molecule has 0 radical (unpaired) electrons. The number of rotatable bonds is 3. The van der Waals surface area contributed by atoms with Crippen molar-refractivity contribution in [2.75, 3.05) is 6.26 Å². The average Bonchev–Trinajstić information content (AvgIpc) is 2.66. The second kappa shape index (κ2) is 7.12. The fraction of sp³-hybridized carbons (Fsp3) is 0.130. The molecule has 0 aliphatic carbocycles. The molecule has 1 heterocycles. The molecule has 4 rings (SSSR count). The largest absolute Gasteiger partial charge is 0.456 e. The van der Waals surface area contributed by atoms with Crippen molar-refractivity contribution in [2.45, 2.75) is 18.2 Å². The smallest absolute Gasteiger partial charge is 0.175 e. The molecule has 5 heteroatoms. The number of halogens is 1. The molecule has 0 amide bonds. The Hall–Kier alpha value is -2.56. The van der Waals surface area contributed by atoms with Crippen molar-refractivity contribution in [1.29, 1.82) is 0 Å². The van der Waals surface area contributed by atoms with E-state index in [0.717, 1.165) is 33.6 Å². The van der Waals surface area contributed by atoms with Crippen LogP contribution in [0.25, 0.3) is 11.3 Å². The summed E-state index contributed by atoms with van der Waals surface area (Å²) in [6, 6.07) is 20.7. The summed E-state index contributed by atoms with van der Waals surface area (Å²) in [6.07, 6.45) is 1.88. The second-order valence-corrected chi connectivity index (χ2v) is 9.40. The quantitative estimate of drug-likeness (QED) is 0.568. The summed E-state index contributed by atoms with van der Waals surface area (Å²) in [4.78, 5) is 0.281. The van der Waals surface area contributed by atoms with E-state index in [1.165, 1.54) is 6.26 Å². The lowest BCUT2D eigenvalue weighted by atomic mass is 9.91. The molecule has 0 atom stereocenters. The number of fused-ring (bicyclic) bond motifs is 1. The van der Waals surface area contributed by atoms with E-state index in [-0.39, 0.29) is 4.90 Å². The van der Waals surface area contributed by atoms with Crippen LogP contribution in [0.3, 0.4) is 0 Å². The van der Waals surface area contributed by atoms with Crippen LogP contribution in [0, 0.1) is 6.92 Å². The fourth-order valence-electron chi connectivity index (χ4n) is 3.36. The number of para-hydroxylation sites is 1. The summed E-state index contributed by atoms with van der Waals surface area (Å²) in [6.45, 7) is 2.00. The first kappa shape index (κ1) is 18.8. The van der Waals surface area contributed by atoms with Crippen molar-refractivity contribution >= 4 is 32.8 Å². The molecule has 0 unspecified atom stereocenters. The Kier molecular flexibility index (Phi) is 4.77. The van der Waals surface area contributed by atoms with Gasteiger partial charge in [0, 0.05) is 34.4 Å². The maximum atomic E-state index is 11.8. The molecular weight excluding hydrogens is 392 g/mol. The highest BCUT2D eigenvalue weighted by atomic mass is 35.5. The van der Waals surface area contributed by atoms with Crippen molar-refractivity contribution in [3.63, 3.8) is 0 Å². The van der Waals surface area contributed by atoms with Gasteiger partial charge < -0.3 is 4.74 Å². The van der Waals surface area contributed by atoms with E-state index in [1.54, 1.807) is 24.3 Å². The van der Waals surface area contributed by atoms with Gasteiger partial charge in [-0.05, 0) is 54.4 Å². The van der Waals surface area contributed by atoms with Crippen molar-refractivity contribution < 1.29 is 13.2 Å². The van der Waals surface area contributed by atoms with E-state index in [2.05, 4.69) is 0 Å². The zero-order valence-corrected chi connectivity index (χ0v) is 17.1. The highest BCUT2D eigenvalue weighted by molar-refractivity contribution is 7.90. The molecular formula is C23H19ClO3S. The zero-order valence-electron chi connectivity index (χ0n) is 15.6. The summed E-state index contributed by atoms with van der Waals surface area (Å²) in [5.41, 5.74) is 4.89. The van der Waals surface area contributed by atoms with E-state index in [4.69, 9.17) is 16.3 Å². The number of ether oxygens (including phenoxy) is 1. The zero-order chi connectivity index (χ0) is 19.9. The Morgan fingerprint density at radius 2 is 1.68 bits per heavy atom. The fourth-order valence-corrected chi connectivity index (χ4v) is 4.34. The summed E-state index contributed by atoms with van der Waals surface area (Å²) in [5, 5.41) is 0.670. The number of hydrogen-bond donors (Lipinski definition) is 0. The Bertz CT molecular complexity index is 1190. The van der Waals surface area contributed by atoms with E-state index >= 15 is 0 Å². The summed E-state index contributed by atoms with van der Waals surface area (Å²) in [5.74, 6) is 1.50. The normalized spacial score (nSPS) is 13.8. The third-order valence-electron chi connectivity index (χ3n) is 4.82. The van der Waals surface area contributed by atoms with Crippen LogP contribution in [-0.4, -0.2) is 14.7 Å². The van der Waals surface area contributed by atoms with Gasteiger partial charge >= 0.3 is 0 Å². The summed E-state index contributed by atoms with van der Waals surface area (Å²) < 4.78 is 29.8. The Labute approximate surface area is 170 Å². The molecule has 0 saturated heterocycles. The van der Waals surface area contributed by atoms with Gasteiger partial charge in [0.05, 0.1) is 4.90 Å². The minimum Gasteiger partial charge on any atom is -0.456 e. The summed E-state index contributed by atoms with van der Waals surface area (Å²) >= 11 is 6.56. The monoisotopic (exact) mass is 410 g/mol. The van der Waals surface area contributed by atoms with Crippen LogP contribution < -0.4 is 4.74 Å². The number of aryl methyl sites for hydroxylation is 1. The van der Waals surface area contributed by atoms with Crippen LogP contribution in [0.2, 0.25) is 5.02 Å². The molecule has 1 aliphatic rings. The van der Waals surface area contributed by atoms with Crippen molar-refractivity contribution in [2.24, 2.45) is 0 Å². The highest BCUT2D eigenvalue weighted by Gasteiger charge is 2.24. The van der Waals surface area contributed by atoms with Crippen LogP contribution in [0.4, 0.5) is 0 Å². The maximum absolute atomic E-state index is 11.8. The molecule has 28 heavy (non-hydrogen) atoms. The third-order valence-corrected chi connectivity index (χ3v) is 6.26. The lowest BCUT2D eigenvalue weighted by Gasteiger charge is -2.25. The van der Waals surface area contributed by atoms with Gasteiger partial charge in [-0.1, -0.05) is 41.9 Å². The van der Waals surface area contributed by atoms with Crippen molar-refractivity contribution in [3.05, 3.63) is 94.0 Å². The van der Waals surface area contributed by atoms with Crippen molar-refractivity contribution in [1.82, 2.24) is 0 Å². The minimum atomic E-state index is -3.25. The topological polar surface area (TPSA) is 43.4 Å². The first-order chi connectivity index (χ1) is 13.3.